The average molecular weight is 333 g/mol. The Morgan fingerprint density at radius 2 is 2.05 bits per heavy atom. The number of rotatable bonds is 7. The van der Waals surface area contributed by atoms with Crippen LogP contribution in [0.3, 0.4) is 0 Å². The fourth-order valence-electron chi connectivity index (χ4n) is 2.17. The van der Waals surface area contributed by atoms with Gasteiger partial charge in [0, 0.05) is 31.3 Å². The Balaban J connectivity index is 0.00000220. The molecular weight excluding hydrogens is 311 g/mol. The molecule has 1 atom stereocenters. The highest BCUT2D eigenvalue weighted by Gasteiger charge is 2.33. The first-order valence-corrected chi connectivity index (χ1v) is 7.28. The lowest BCUT2D eigenvalue weighted by molar-refractivity contribution is -0.134. The van der Waals surface area contributed by atoms with Gasteiger partial charge < -0.3 is 15.4 Å². The number of carbonyl (C=O) groups excluding carboxylic acids is 1. The van der Waals surface area contributed by atoms with Gasteiger partial charge in [-0.25, -0.2) is 0 Å². The zero-order valence-corrected chi connectivity index (χ0v) is 13.7. The highest BCUT2D eigenvalue weighted by molar-refractivity contribution is 6.30. The van der Waals surface area contributed by atoms with Crippen LogP contribution in [0.1, 0.15) is 24.8 Å². The van der Waals surface area contributed by atoms with Gasteiger partial charge in [-0.15, -0.1) is 12.4 Å². The second-order valence-corrected chi connectivity index (χ2v) is 5.61. The van der Waals surface area contributed by atoms with E-state index in [4.69, 9.17) is 22.1 Å². The van der Waals surface area contributed by atoms with E-state index in [9.17, 15) is 4.79 Å². The molecule has 1 aliphatic carbocycles. The highest BCUT2D eigenvalue weighted by Crippen LogP contribution is 2.29. The molecule has 4 nitrogen and oxygen atoms in total. The van der Waals surface area contributed by atoms with E-state index in [-0.39, 0.29) is 24.4 Å². The van der Waals surface area contributed by atoms with Gasteiger partial charge in [0.05, 0.1) is 12.5 Å². The number of hydrogen-bond acceptors (Lipinski definition) is 3. The molecule has 0 radical (unpaired) electrons. The Labute approximate surface area is 137 Å². The van der Waals surface area contributed by atoms with Crippen molar-refractivity contribution < 1.29 is 9.53 Å². The average Bonchev–Trinajstić information content (AvgIpc) is 3.28. The molecule has 2 rings (SSSR count). The van der Waals surface area contributed by atoms with Crippen LogP contribution in [0.4, 0.5) is 0 Å². The molecule has 0 saturated heterocycles. The van der Waals surface area contributed by atoms with Gasteiger partial charge in [0.15, 0.2) is 0 Å². The highest BCUT2D eigenvalue weighted by atomic mass is 35.5. The predicted molar refractivity (Wildman–Crippen MR) is 86.7 cm³/mol. The molecule has 1 aromatic rings. The third-order valence-corrected chi connectivity index (χ3v) is 3.82. The van der Waals surface area contributed by atoms with Crippen molar-refractivity contribution in [2.75, 3.05) is 13.7 Å². The van der Waals surface area contributed by atoms with Crippen molar-refractivity contribution in [1.82, 2.24) is 4.90 Å². The molecule has 21 heavy (non-hydrogen) atoms. The molecular formula is C15H22Cl2N2O2. The molecule has 118 valence electrons. The van der Waals surface area contributed by atoms with Crippen molar-refractivity contribution in [1.29, 1.82) is 0 Å². The SMILES string of the molecule is COC(CN)CC(=O)N(Cc1ccc(Cl)cc1)C1CC1.Cl. The molecule has 0 heterocycles. The molecule has 0 bridgehead atoms. The summed E-state index contributed by atoms with van der Waals surface area (Å²) in [6, 6.07) is 7.99. The van der Waals surface area contributed by atoms with Crippen LogP contribution in [0.25, 0.3) is 0 Å². The molecule has 0 spiro atoms. The van der Waals surface area contributed by atoms with Crippen LogP contribution >= 0.6 is 24.0 Å². The van der Waals surface area contributed by atoms with Gasteiger partial charge in [0.2, 0.25) is 5.91 Å². The summed E-state index contributed by atoms with van der Waals surface area (Å²) in [5, 5.41) is 0.709. The largest absolute Gasteiger partial charge is 0.380 e. The molecule has 6 heteroatoms. The summed E-state index contributed by atoms with van der Waals surface area (Å²) in [6.07, 6.45) is 2.31. The number of amides is 1. The van der Waals surface area contributed by atoms with E-state index >= 15 is 0 Å². The van der Waals surface area contributed by atoms with Crippen LogP contribution in [-0.2, 0) is 16.1 Å². The lowest BCUT2D eigenvalue weighted by Gasteiger charge is -2.24. The van der Waals surface area contributed by atoms with Crippen LogP contribution in [0, 0.1) is 0 Å². The number of nitrogens with two attached hydrogens (primary N) is 1. The van der Waals surface area contributed by atoms with Gasteiger partial charge in [0.25, 0.3) is 0 Å². The summed E-state index contributed by atoms with van der Waals surface area (Å²) in [5.74, 6) is 0.111. The van der Waals surface area contributed by atoms with Gasteiger partial charge in [-0.2, -0.15) is 0 Å². The Morgan fingerprint density at radius 1 is 1.43 bits per heavy atom. The van der Waals surface area contributed by atoms with Gasteiger partial charge in [-0.3, -0.25) is 4.79 Å². The molecule has 0 aromatic heterocycles. The van der Waals surface area contributed by atoms with E-state index in [0.717, 1.165) is 18.4 Å². The van der Waals surface area contributed by atoms with E-state index < -0.39 is 0 Å². The monoisotopic (exact) mass is 332 g/mol. The molecule has 1 amide bonds. The fourth-order valence-corrected chi connectivity index (χ4v) is 2.29. The van der Waals surface area contributed by atoms with Crippen molar-refractivity contribution in [3.05, 3.63) is 34.9 Å². The van der Waals surface area contributed by atoms with Crippen LogP contribution in [0.15, 0.2) is 24.3 Å². The molecule has 1 saturated carbocycles. The maximum atomic E-state index is 12.4. The molecule has 2 N–H and O–H groups in total. The van der Waals surface area contributed by atoms with E-state index in [0.29, 0.717) is 30.6 Å². The van der Waals surface area contributed by atoms with Gasteiger partial charge in [-0.1, -0.05) is 23.7 Å². The summed E-state index contributed by atoms with van der Waals surface area (Å²) in [6.45, 7) is 0.989. The van der Waals surface area contributed by atoms with Crippen molar-refractivity contribution >= 4 is 29.9 Å². The Hall–Kier alpha value is -0.810. The minimum atomic E-state index is -0.200. The number of ether oxygens (including phenoxy) is 1. The summed E-state index contributed by atoms with van der Waals surface area (Å²) in [7, 11) is 1.59. The van der Waals surface area contributed by atoms with E-state index in [2.05, 4.69) is 0 Å². The van der Waals surface area contributed by atoms with E-state index in [1.54, 1.807) is 7.11 Å². The zero-order chi connectivity index (χ0) is 14.5. The minimum Gasteiger partial charge on any atom is -0.380 e. The van der Waals surface area contributed by atoms with Crippen molar-refractivity contribution in [2.45, 2.75) is 38.0 Å². The van der Waals surface area contributed by atoms with Crippen molar-refractivity contribution in [3.8, 4) is 0 Å². The number of nitrogens with zero attached hydrogens (tertiary/aromatic N) is 1. The summed E-state index contributed by atoms with van der Waals surface area (Å²) < 4.78 is 5.20. The first-order chi connectivity index (χ1) is 9.63. The predicted octanol–water partition coefficient (Wildman–Crippen LogP) is 2.62. The van der Waals surface area contributed by atoms with Crippen LogP contribution in [0.5, 0.6) is 0 Å². The second-order valence-electron chi connectivity index (χ2n) is 5.18. The molecule has 1 fully saturated rings. The quantitative estimate of drug-likeness (QED) is 0.834. The summed E-state index contributed by atoms with van der Waals surface area (Å²) in [4.78, 5) is 14.3. The number of halogens is 2. The Morgan fingerprint density at radius 3 is 2.52 bits per heavy atom. The zero-order valence-electron chi connectivity index (χ0n) is 12.1. The summed E-state index contributed by atoms with van der Waals surface area (Å²) >= 11 is 5.88. The smallest absolute Gasteiger partial charge is 0.225 e. The van der Waals surface area contributed by atoms with Crippen molar-refractivity contribution in [2.24, 2.45) is 5.73 Å². The van der Waals surface area contributed by atoms with E-state index in [1.165, 1.54) is 0 Å². The fraction of sp³-hybridized carbons (Fsp3) is 0.533. The molecule has 1 aliphatic rings. The van der Waals surface area contributed by atoms with Crippen molar-refractivity contribution in [3.63, 3.8) is 0 Å². The Kier molecular flexibility index (Phi) is 7.46. The van der Waals surface area contributed by atoms with Crippen LogP contribution in [0.2, 0.25) is 5.02 Å². The van der Waals surface area contributed by atoms with Crippen LogP contribution in [-0.4, -0.2) is 36.6 Å². The van der Waals surface area contributed by atoms with Gasteiger partial charge in [0.1, 0.15) is 0 Å². The maximum absolute atomic E-state index is 12.4. The number of carbonyl (C=O) groups is 1. The Bertz CT molecular complexity index is 445. The van der Waals surface area contributed by atoms with Gasteiger partial charge in [-0.05, 0) is 30.5 Å². The molecule has 1 unspecified atom stereocenters. The number of methoxy groups -OCH3 is 1. The lowest BCUT2D eigenvalue weighted by Crippen LogP contribution is -2.37. The molecule has 1 aromatic carbocycles. The first-order valence-electron chi connectivity index (χ1n) is 6.90. The third-order valence-electron chi connectivity index (χ3n) is 3.57. The van der Waals surface area contributed by atoms with Crippen LogP contribution < -0.4 is 5.73 Å². The minimum absolute atomic E-state index is 0. The summed E-state index contributed by atoms with van der Waals surface area (Å²) in [5.41, 5.74) is 6.68. The standard InChI is InChI=1S/C15H21ClN2O2.ClH/c1-20-14(9-17)8-15(19)18(13-6-7-13)10-11-2-4-12(16)5-3-11;/h2-5,13-14H,6-10,17H2,1H3;1H. The van der Waals surface area contributed by atoms with E-state index in [1.807, 2.05) is 29.2 Å². The number of benzene rings is 1. The third kappa shape index (κ3) is 5.47. The topological polar surface area (TPSA) is 55.6 Å². The van der Waals surface area contributed by atoms with Gasteiger partial charge >= 0.3 is 0 Å². The second kappa shape index (κ2) is 8.59. The first kappa shape index (κ1) is 18.2. The normalized spacial score (nSPS) is 15.2. The maximum Gasteiger partial charge on any atom is 0.225 e. The molecule has 0 aliphatic heterocycles. The number of hydrogen-bond donors (Lipinski definition) is 1. The lowest BCUT2D eigenvalue weighted by atomic mass is 10.1.